The molecule has 152 valence electrons. The smallest absolute Gasteiger partial charge is 0.191 e. The van der Waals surface area contributed by atoms with E-state index < -0.39 is 0 Å². The Morgan fingerprint density at radius 3 is 2.56 bits per heavy atom. The lowest BCUT2D eigenvalue weighted by Gasteiger charge is -2.34. The Morgan fingerprint density at radius 1 is 1.22 bits per heavy atom. The van der Waals surface area contributed by atoms with Gasteiger partial charge in [-0.2, -0.15) is 0 Å². The van der Waals surface area contributed by atoms with Gasteiger partial charge in [0, 0.05) is 44.2 Å². The molecule has 2 atom stereocenters. The van der Waals surface area contributed by atoms with Crippen molar-refractivity contribution in [2.45, 2.75) is 58.0 Å². The second kappa shape index (κ2) is 10.6. The number of aliphatic imine (C=N–C) groups is 1. The largest absolute Gasteiger partial charge is 0.354 e. The summed E-state index contributed by atoms with van der Waals surface area (Å²) in [7, 11) is 0. The molecule has 1 saturated heterocycles. The third-order valence-electron chi connectivity index (χ3n) is 5.29. The molecular formula is C21H34FIN4. The van der Waals surface area contributed by atoms with Crippen molar-refractivity contribution in [3.63, 3.8) is 0 Å². The average Bonchev–Trinajstić information content (AvgIpc) is 3.35. The fraction of sp³-hybridized carbons (Fsp3) is 0.667. The molecular weight excluding hydrogens is 454 g/mol. The molecule has 2 fully saturated rings. The molecule has 0 amide bonds. The van der Waals surface area contributed by atoms with Gasteiger partial charge in [-0.25, -0.2) is 4.39 Å². The van der Waals surface area contributed by atoms with E-state index in [2.05, 4.69) is 41.3 Å². The SMILES string of the molecule is CCN=C(NC1CCN(CC(C)C)CC1)NC1CC1c1ccccc1F.I. The van der Waals surface area contributed by atoms with E-state index in [-0.39, 0.29) is 41.8 Å². The minimum atomic E-state index is -0.0961. The van der Waals surface area contributed by atoms with Crippen molar-refractivity contribution in [1.82, 2.24) is 15.5 Å². The van der Waals surface area contributed by atoms with Gasteiger partial charge in [0.2, 0.25) is 0 Å². The van der Waals surface area contributed by atoms with Gasteiger partial charge in [0.15, 0.2) is 5.96 Å². The average molecular weight is 488 g/mol. The predicted octanol–water partition coefficient (Wildman–Crippen LogP) is 3.98. The van der Waals surface area contributed by atoms with E-state index in [1.165, 1.54) is 6.54 Å². The van der Waals surface area contributed by atoms with Crippen molar-refractivity contribution < 1.29 is 4.39 Å². The van der Waals surface area contributed by atoms with Gasteiger partial charge in [0.1, 0.15) is 5.82 Å². The molecule has 0 bridgehead atoms. The second-order valence-electron chi connectivity index (χ2n) is 8.05. The highest BCUT2D eigenvalue weighted by molar-refractivity contribution is 14.0. The molecule has 2 N–H and O–H groups in total. The number of likely N-dealkylation sites (tertiary alicyclic amines) is 1. The first-order chi connectivity index (χ1) is 12.6. The summed E-state index contributed by atoms with van der Waals surface area (Å²) in [5.41, 5.74) is 0.822. The van der Waals surface area contributed by atoms with Gasteiger partial charge in [-0.15, -0.1) is 24.0 Å². The van der Waals surface area contributed by atoms with Crippen LogP contribution in [0.3, 0.4) is 0 Å². The molecule has 2 aliphatic rings. The molecule has 1 saturated carbocycles. The molecule has 6 heteroatoms. The zero-order valence-corrected chi connectivity index (χ0v) is 19.1. The number of guanidine groups is 1. The maximum Gasteiger partial charge on any atom is 0.191 e. The summed E-state index contributed by atoms with van der Waals surface area (Å²) < 4.78 is 14.0. The Kier molecular flexibility index (Phi) is 8.79. The molecule has 1 aliphatic heterocycles. The number of rotatable bonds is 6. The lowest BCUT2D eigenvalue weighted by Crippen LogP contribution is -2.49. The number of halogens is 2. The summed E-state index contributed by atoms with van der Waals surface area (Å²) >= 11 is 0. The Hall–Kier alpha value is -0.890. The first-order valence-electron chi connectivity index (χ1n) is 10.1. The maximum atomic E-state index is 14.0. The van der Waals surface area contributed by atoms with Gasteiger partial charge >= 0.3 is 0 Å². The van der Waals surface area contributed by atoms with Crippen LogP contribution in [0.5, 0.6) is 0 Å². The van der Waals surface area contributed by atoms with Crippen LogP contribution in [-0.2, 0) is 0 Å². The Morgan fingerprint density at radius 2 is 1.93 bits per heavy atom. The number of hydrogen-bond acceptors (Lipinski definition) is 2. The van der Waals surface area contributed by atoms with Crippen LogP contribution in [0.4, 0.5) is 4.39 Å². The van der Waals surface area contributed by atoms with Crippen molar-refractivity contribution in [2.24, 2.45) is 10.9 Å². The highest BCUT2D eigenvalue weighted by atomic mass is 127. The van der Waals surface area contributed by atoms with E-state index in [0.29, 0.717) is 6.04 Å². The molecule has 1 aromatic rings. The normalized spacial score (nSPS) is 23.8. The van der Waals surface area contributed by atoms with Crippen LogP contribution >= 0.6 is 24.0 Å². The minimum Gasteiger partial charge on any atom is -0.354 e. The summed E-state index contributed by atoms with van der Waals surface area (Å²) in [6.45, 7) is 10.8. The van der Waals surface area contributed by atoms with Gasteiger partial charge in [-0.3, -0.25) is 4.99 Å². The highest BCUT2D eigenvalue weighted by Crippen LogP contribution is 2.41. The van der Waals surface area contributed by atoms with Gasteiger partial charge < -0.3 is 15.5 Å². The molecule has 4 nitrogen and oxygen atoms in total. The van der Waals surface area contributed by atoms with Crippen LogP contribution in [0, 0.1) is 11.7 Å². The van der Waals surface area contributed by atoms with Gasteiger partial charge in [0.05, 0.1) is 0 Å². The van der Waals surface area contributed by atoms with E-state index in [4.69, 9.17) is 0 Å². The lowest BCUT2D eigenvalue weighted by atomic mass is 10.0. The zero-order chi connectivity index (χ0) is 18.5. The summed E-state index contributed by atoms with van der Waals surface area (Å²) in [5.74, 6) is 1.77. The van der Waals surface area contributed by atoms with Crippen molar-refractivity contribution in [1.29, 1.82) is 0 Å². The number of piperidine rings is 1. The molecule has 1 aromatic carbocycles. The first kappa shape index (κ1) is 22.4. The van der Waals surface area contributed by atoms with Crippen molar-refractivity contribution in [2.75, 3.05) is 26.2 Å². The van der Waals surface area contributed by atoms with Crippen molar-refractivity contribution in [3.8, 4) is 0 Å². The number of nitrogens with zero attached hydrogens (tertiary/aromatic N) is 2. The molecule has 1 heterocycles. The molecule has 1 aliphatic carbocycles. The summed E-state index contributed by atoms with van der Waals surface area (Å²) in [5, 5.41) is 7.12. The Bertz CT molecular complexity index is 614. The van der Waals surface area contributed by atoms with Crippen LogP contribution < -0.4 is 10.6 Å². The zero-order valence-electron chi connectivity index (χ0n) is 16.7. The highest BCUT2D eigenvalue weighted by Gasteiger charge is 2.40. The molecule has 3 rings (SSSR count). The summed E-state index contributed by atoms with van der Waals surface area (Å²) in [6, 6.07) is 7.87. The van der Waals surface area contributed by atoms with E-state index >= 15 is 0 Å². The van der Waals surface area contributed by atoms with Crippen molar-refractivity contribution >= 4 is 29.9 Å². The Balaban J connectivity index is 0.00000261. The Labute approximate surface area is 180 Å². The third kappa shape index (κ3) is 6.59. The molecule has 0 spiro atoms. The van der Waals surface area contributed by atoms with E-state index in [1.807, 2.05) is 12.1 Å². The second-order valence-corrected chi connectivity index (χ2v) is 8.05. The van der Waals surface area contributed by atoms with Crippen LogP contribution in [-0.4, -0.2) is 49.1 Å². The van der Waals surface area contributed by atoms with Crippen LogP contribution in [0.1, 0.15) is 51.5 Å². The van der Waals surface area contributed by atoms with Crippen LogP contribution in [0.25, 0.3) is 0 Å². The quantitative estimate of drug-likeness (QED) is 0.362. The standard InChI is InChI=1S/C21H33FN4.HI/c1-4-23-21(24-16-9-11-26(12-10-16)14-15(2)3)25-20-13-18(20)17-7-5-6-8-19(17)22;/h5-8,15-16,18,20H,4,9-14H2,1-3H3,(H2,23,24,25);1H. The number of hydrogen-bond donors (Lipinski definition) is 2. The summed E-state index contributed by atoms with van der Waals surface area (Å²) in [6.07, 6.45) is 3.27. The fourth-order valence-corrected chi connectivity index (χ4v) is 3.91. The minimum absolute atomic E-state index is 0. The maximum absolute atomic E-state index is 14.0. The van der Waals surface area contributed by atoms with Gasteiger partial charge in [0.25, 0.3) is 0 Å². The molecule has 2 unspecified atom stereocenters. The topological polar surface area (TPSA) is 39.7 Å². The lowest BCUT2D eigenvalue weighted by molar-refractivity contribution is 0.187. The van der Waals surface area contributed by atoms with Crippen molar-refractivity contribution in [3.05, 3.63) is 35.6 Å². The van der Waals surface area contributed by atoms with E-state index in [0.717, 1.165) is 56.3 Å². The summed E-state index contributed by atoms with van der Waals surface area (Å²) in [4.78, 5) is 7.16. The van der Waals surface area contributed by atoms with E-state index in [9.17, 15) is 4.39 Å². The van der Waals surface area contributed by atoms with Gasteiger partial charge in [-0.1, -0.05) is 32.0 Å². The molecule has 0 radical (unpaired) electrons. The monoisotopic (exact) mass is 488 g/mol. The third-order valence-corrected chi connectivity index (χ3v) is 5.29. The molecule has 0 aromatic heterocycles. The van der Waals surface area contributed by atoms with Crippen LogP contribution in [0.2, 0.25) is 0 Å². The number of benzene rings is 1. The fourth-order valence-electron chi connectivity index (χ4n) is 3.91. The number of nitrogens with one attached hydrogen (secondary N) is 2. The van der Waals surface area contributed by atoms with Crippen LogP contribution in [0.15, 0.2) is 29.3 Å². The van der Waals surface area contributed by atoms with E-state index in [1.54, 1.807) is 12.1 Å². The first-order valence-corrected chi connectivity index (χ1v) is 10.1. The molecule has 27 heavy (non-hydrogen) atoms. The van der Waals surface area contributed by atoms with Gasteiger partial charge in [-0.05, 0) is 43.7 Å². The predicted molar refractivity (Wildman–Crippen MR) is 122 cm³/mol.